The normalized spacial score (nSPS) is 14.4. The summed E-state index contributed by atoms with van der Waals surface area (Å²) in [5, 5.41) is 0. The number of rotatable bonds is 10. The highest BCUT2D eigenvalue weighted by Crippen LogP contribution is 2.37. The Morgan fingerprint density at radius 1 is 0.600 bits per heavy atom. The number of aryl methyl sites for hydroxylation is 2. The van der Waals surface area contributed by atoms with E-state index in [1.165, 1.54) is 24.3 Å². The number of Topliss-reactive ketones (excluding diaryl/α,β-unsaturated/α-hetero) is 2. The van der Waals surface area contributed by atoms with Gasteiger partial charge in [-0.1, -0.05) is 49.2 Å². The average Bonchev–Trinajstić information content (AvgIpc) is 2.91. The summed E-state index contributed by atoms with van der Waals surface area (Å²) < 4.78 is 64.9. The third-order valence-corrected chi connectivity index (χ3v) is 9.44. The highest BCUT2D eigenvalue weighted by Gasteiger charge is 2.51. The van der Waals surface area contributed by atoms with Crippen LogP contribution in [0.25, 0.3) is 0 Å². The molecule has 0 spiro atoms. The predicted octanol–water partition coefficient (Wildman–Crippen LogP) is 3.12. The van der Waals surface area contributed by atoms with Gasteiger partial charge in [0.15, 0.2) is 0 Å². The number of allylic oxidation sites excluding steroid dienone is 2. The lowest BCUT2D eigenvalue weighted by molar-refractivity contribution is -0.143. The van der Waals surface area contributed by atoms with Gasteiger partial charge in [0, 0.05) is 0 Å². The Labute approximate surface area is 232 Å². The Morgan fingerprint density at radius 3 is 1.18 bits per heavy atom. The van der Waals surface area contributed by atoms with Gasteiger partial charge in [-0.2, -0.15) is 0 Å². The van der Waals surface area contributed by atoms with E-state index in [1.54, 1.807) is 27.7 Å². The van der Waals surface area contributed by atoms with E-state index in [4.69, 9.17) is 9.47 Å². The SMILES string of the molecule is CCCOC(=O)C1=C(S(=O)(=O)c2ccc(C)cc2)C(=O)C(C(=O)OCCC)=C(S(=O)(=O)c2ccc(C)cc2)C1=O. The van der Waals surface area contributed by atoms with Crippen molar-refractivity contribution in [1.29, 1.82) is 0 Å². The highest BCUT2D eigenvalue weighted by molar-refractivity contribution is 7.97. The number of hydrogen-bond acceptors (Lipinski definition) is 10. The number of carbonyl (C=O) groups is 4. The van der Waals surface area contributed by atoms with Gasteiger partial charge in [0.25, 0.3) is 0 Å². The van der Waals surface area contributed by atoms with E-state index in [9.17, 15) is 36.0 Å². The molecule has 40 heavy (non-hydrogen) atoms. The summed E-state index contributed by atoms with van der Waals surface area (Å²) in [4.78, 5) is 50.3. The third-order valence-electron chi connectivity index (χ3n) is 5.80. The van der Waals surface area contributed by atoms with Gasteiger partial charge in [-0.05, 0) is 51.0 Å². The van der Waals surface area contributed by atoms with Crippen LogP contribution in [0.5, 0.6) is 0 Å². The van der Waals surface area contributed by atoms with E-state index in [1.807, 2.05) is 0 Å². The minimum Gasteiger partial charge on any atom is -0.462 e. The summed E-state index contributed by atoms with van der Waals surface area (Å²) in [5.41, 5.74) is -1.23. The summed E-state index contributed by atoms with van der Waals surface area (Å²) in [6.07, 6.45) is 0.556. The second kappa shape index (κ2) is 12.1. The minimum atomic E-state index is -4.93. The number of ether oxygens (including phenoxy) is 2. The minimum absolute atomic E-state index is 0.253. The van der Waals surface area contributed by atoms with E-state index < -0.39 is 73.9 Å². The lowest BCUT2D eigenvalue weighted by Gasteiger charge is -2.22. The Bertz CT molecular complexity index is 1520. The van der Waals surface area contributed by atoms with Crippen LogP contribution >= 0.6 is 0 Å². The lowest BCUT2D eigenvalue weighted by Crippen LogP contribution is -2.37. The molecule has 212 valence electrons. The molecule has 1 aliphatic carbocycles. The zero-order valence-corrected chi connectivity index (χ0v) is 24.0. The second-order valence-corrected chi connectivity index (χ2v) is 12.7. The fraction of sp³-hybridized carbons (Fsp3) is 0.286. The molecule has 0 amide bonds. The van der Waals surface area contributed by atoms with Crippen LogP contribution in [-0.4, -0.2) is 53.6 Å². The van der Waals surface area contributed by atoms with Crippen molar-refractivity contribution in [1.82, 2.24) is 0 Å². The molecule has 0 fully saturated rings. The molecule has 0 unspecified atom stereocenters. The van der Waals surface area contributed by atoms with Gasteiger partial charge in [0.2, 0.25) is 31.2 Å². The molecule has 0 saturated heterocycles. The zero-order valence-electron chi connectivity index (χ0n) is 22.3. The summed E-state index contributed by atoms with van der Waals surface area (Å²) >= 11 is 0. The number of carbonyl (C=O) groups excluding carboxylic acids is 4. The topological polar surface area (TPSA) is 155 Å². The van der Waals surface area contributed by atoms with Crippen LogP contribution < -0.4 is 0 Å². The number of sulfone groups is 2. The van der Waals surface area contributed by atoms with Crippen molar-refractivity contribution in [2.45, 2.75) is 50.3 Å². The molecule has 0 heterocycles. The van der Waals surface area contributed by atoms with Crippen molar-refractivity contribution >= 4 is 43.2 Å². The zero-order chi connectivity index (χ0) is 29.8. The third kappa shape index (κ3) is 5.82. The Morgan fingerprint density at radius 2 is 0.900 bits per heavy atom. The monoisotopic (exact) mass is 588 g/mol. The molecule has 0 aromatic heterocycles. The molecule has 1 aliphatic rings. The van der Waals surface area contributed by atoms with E-state index >= 15 is 0 Å². The van der Waals surface area contributed by atoms with E-state index in [-0.39, 0.29) is 26.1 Å². The van der Waals surface area contributed by atoms with Crippen LogP contribution in [0.15, 0.2) is 79.3 Å². The van der Waals surface area contributed by atoms with Crippen LogP contribution in [0.1, 0.15) is 37.8 Å². The smallest absolute Gasteiger partial charge is 0.343 e. The van der Waals surface area contributed by atoms with Gasteiger partial charge in [0.1, 0.15) is 21.0 Å². The number of ketones is 2. The average molecular weight is 589 g/mol. The van der Waals surface area contributed by atoms with Crippen molar-refractivity contribution in [3.05, 3.63) is 80.6 Å². The molecule has 10 nitrogen and oxygen atoms in total. The molecule has 2 aromatic rings. The number of esters is 2. The van der Waals surface area contributed by atoms with Gasteiger partial charge >= 0.3 is 11.9 Å². The van der Waals surface area contributed by atoms with Crippen molar-refractivity contribution in [2.24, 2.45) is 0 Å². The molecule has 3 rings (SSSR count). The lowest BCUT2D eigenvalue weighted by atomic mass is 9.96. The first-order chi connectivity index (χ1) is 18.8. The Hall–Kier alpha value is -3.90. The predicted molar refractivity (Wildman–Crippen MR) is 143 cm³/mol. The van der Waals surface area contributed by atoms with Gasteiger partial charge < -0.3 is 9.47 Å². The quantitative estimate of drug-likeness (QED) is 0.230. The summed E-state index contributed by atoms with van der Waals surface area (Å²) in [6, 6.07) is 10.3. The number of hydrogen-bond donors (Lipinski definition) is 0. The first-order valence-corrected chi connectivity index (χ1v) is 15.3. The molecule has 12 heteroatoms. The van der Waals surface area contributed by atoms with Crippen LogP contribution in [0, 0.1) is 13.8 Å². The molecular formula is C28H28O10S2. The highest BCUT2D eigenvalue weighted by atomic mass is 32.2. The van der Waals surface area contributed by atoms with Gasteiger partial charge in [-0.15, -0.1) is 0 Å². The first kappa shape index (κ1) is 30.6. The first-order valence-electron chi connectivity index (χ1n) is 12.3. The van der Waals surface area contributed by atoms with Crippen LogP contribution in [0.4, 0.5) is 0 Å². The molecule has 0 radical (unpaired) electrons. The summed E-state index contributed by atoms with van der Waals surface area (Å²) in [5.74, 6) is -6.34. The summed E-state index contributed by atoms with van der Waals surface area (Å²) in [6.45, 7) is 6.13. The Kier molecular flexibility index (Phi) is 9.26. The molecule has 0 N–H and O–H groups in total. The molecule has 0 aliphatic heterocycles. The van der Waals surface area contributed by atoms with Gasteiger partial charge in [-0.3, -0.25) is 9.59 Å². The van der Waals surface area contributed by atoms with E-state index in [2.05, 4.69) is 0 Å². The Balaban J connectivity index is 2.41. The van der Waals surface area contributed by atoms with Crippen LogP contribution in [0.3, 0.4) is 0 Å². The fourth-order valence-electron chi connectivity index (χ4n) is 3.75. The van der Waals surface area contributed by atoms with Crippen LogP contribution in [-0.2, 0) is 48.3 Å². The van der Waals surface area contributed by atoms with Crippen molar-refractivity contribution in [3.8, 4) is 0 Å². The van der Waals surface area contributed by atoms with Crippen molar-refractivity contribution in [3.63, 3.8) is 0 Å². The summed E-state index contributed by atoms with van der Waals surface area (Å²) in [7, 11) is -9.87. The van der Waals surface area contributed by atoms with Crippen molar-refractivity contribution in [2.75, 3.05) is 13.2 Å². The van der Waals surface area contributed by atoms with E-state index in [0.29, 0.717) is 11.1 Å². The molecule has 0 saturated carbocycles. The fourth-order valence-corrected chi connectivity index (χ4v) is 6.79. The molecule has 2 aromatic carbocycles. The van der Waals surface area contributed by atoms with E-state index in [0.717, 1.165) is 24.3 Å². The molecule has 0 atom stereocenters. The maximum Gasteiger partial charge on any atom is 0.343 e. The maximum atomic E-state index is 13.9. The van der Waals surface area contributed by atoms with Gasteiger partial charge in [-0.25, -0.2) is 26.4 Å². The maximum absolute atomic E-state index is 13.9. The molecular weight excluding hydrogens is 560 g/mol. The largest absolute Gasteiger partial charge is 0.462 e. The number of benzene rings is 2. The van der Waals surface area contributed by atoms with Crippen molar-refractivity contribution < 1.29 is 45.5 Å². The standard InChI is InChI=1S/C28H28O10S2/c1-5-15-37-27(31)21-23(29)26(40(35,36)20-13-9-18(4)10-14-20)22(28(32)38-16-6-2)24(30)25(21)39(33,34)19-11-7-17(3)8-12-19/h7-14H,5-6,15-16H2,1-4H3. The van der Waals surface area contributed by atoms with Gasteiger partial charge in [0.05, 0.1) is 23.0 Å². The van der Waals surface area contributed by atoms with Crippen LogP contribution in [0.2, 0.25) is 0 Å². The second-order valence-electron chi connectivity index (χ2n) is 8.97. The molecule has 0 bridgehead atoms.